The number of nitrogens with one attached hydrogen (secondary N) is 1. The van der Waals surface area contributed by atoms with Gasteiger partial charge in [-0.05, 0) is 48.6 Å². The number of aromatic nitrogens is 4. The largest absolute Gasteiger partial charge is 0.338 e. The van der Waals surface area contributed by atoms with Crippen LogP contribution in [-0.2, 0) is 0 Å². The molecule has 0 bridgehead atoms. The van der Waals surface area contributed by atoms with Crippen LogP contribution in [0.2, 0.25) is 0 Å². The number of hydrogen-bond donors (Lipinski definition) is 3. The molecule has 8 nitrogen and oxygen atoms in total. The van der Waals surface area contributed by atoms with E-state index >= 15 is 0 Å². The predicted molar refractivity (Wildman–Crippen MR) is 110 cm³/mol. The molecule has 2 heterocycles. The van der Waals surface area contributed by atoms with E-state index in [0.29, 0.717) is 5.69 Å². The molecule has 0 amide bonds. The van der Waals surface area contributed by atoms with Crippen molar-refractivity contribution in [1.29, 1.82) is 0 Å². The van der Waals surface area contributed by atoms with Crippen LogP contribution >= 0.6 is 0 Å². The summed E-state index contributed by atoms with van der Waals surface area (Å²) in [6.07, 6.45) is 4.57. The van der Waals surface area contributed by atoms with E-state index in [-0.39, 0.29) is 16.6 Å². The molecule has 0 radical (unpaired) electrons. The Morgan fingerprint density at radius 1 is 1.14 bits per heavy atom. The molecule has 0 saturated heterocycles. The molecule has 146 valence electrons. The fraction of sp³-hybridized carbons (Fsp3) is 0.250. The molecule has 28 heavy (non-hydrogen) atoms. The van der Waals surface area contributed by atoms with Gasteiger partial charge in [-0.25, -0.2) is 9.66 Å². The second kappa shape index (κ2) is 7.22. The van der Waals surface area contributed by atoms with Gasteiger partial charge in [0.25, 0.3) is 11.1 Å². The number of nitrogens with zero attached hydrogens (tertiary/aromatic N) is 3. The van der Waals surface area contributed by atoms with Crippen LogP contribution in [0.5, 0.6) is 0 Å². The van der Waals surface area contributed by atoms with Crippen molar-refractivity contribution >= 4 is 12.2 Å². The lowest BCUT2D eigenvalue weighted by molar-refractivity contribution is 0.767. The highest BCUT2D eigenvalue weighted by Crippen LogP contribution is 2.17. The number of benzene rings is 1. The molecule has 8 heteroatoms. The predicted octanol–water partition coefficient (Wildman–Crippen LogP) is -0.441. The van der Waals surface area contributed by atoms with E-state index in [0.717, 1.165) is 27.1 Å². The second-order valence-electron chi connectivity index (χ2n) is 7.08. The molecule has 0 aliphatic carbocycles. The minimum absolute atomic E-state index is 0.0474. The van der Waals surface area contributed by atoms with Crippen LogP contribution in [0.1, 0.15) is 47.8 Å². The van der Waals surface area contributed by atoms with Gasteiger partial charge in [-0.2, -0.15) is 0 Å². The van der Waals surface area contributed by atoms with E-state index in [1.807, 2.05) is 45.9 Å². The zero-order valence-electron chi connectivity index (χ0n) is 16.4. The third-order valence-corrected chi connectivity index (χ3v) is 4.82. The van der Waals surface area contributed by atoms with Crippen molar-refractivity contribution in [2.45, 2.75) is 33.6 Å². The maximum atomic E-state index is 12.7. The van der Waals surface area contributed by atoms with Gasteiger partial charge in [-0.3, -0.25) is 14.3 Å². The van der Waals surface area contributed by atoms with Crippen LogP contribution in [0, 0.1) is 13.8 Å². The number of H-pyrrole nitrogens is 1. The van der Waals surface area contributed by atoms with Gasteiger partial charge in [-0.15, -0.1) is 0 Å². The summed E-state index contributed by atoms with van der Waals surface area (Å²) >= 11 is 0. The molecular weight excluding hydrogens is 356 g/mol. The first kappa shape index (κ1) is 19.2. The highest BCUT2D eigenvalue weighted by Gasteiger charge is 2.12. The van der Waals surface area contributed by atoms with Gasteiger partial charge >= 0.3 is 0 Å². The van der Waals surface area contributed by atoms with Crippen molar-refractivity contribution in [3.05, 3.63) is 84.0 Å². The molecule has 0 saturated carbocycles. The number of aromatic amines is 1. The first-order valence-electron chi connectivity index (χ1n) is 8.93. The topological polar surface area (TPSA) is 125 Å². The van der Waals surface area contributed by atoms with Crippen LogP contribution in [0.25, 0.3) is 12.2 Å². The first-order valence-corrected chi connectivity index (χ1v) is 8.93. The molecule has 3 rings (SSSR count). The summed E-state index contributed by atoms with van der Waals surface area (Å²) in [6, 6.07) is 5.74. The lowest BCUT2D eigenvalue weighted by atomic mass is 10.0. The molecule has 0 atom stereocenters. The van der Waals surface area contributed by atoms with E-state index in [9.17, 15) is 9.59 Å². The Hall–Kier alpha value is -3.55. The van der Waals surface area contributed by atoms with Crippen LogP contribution in [0.4, 0.5) is 0 Å². The van der Waals surface area contributed by atoms with Crippen molar-refractivity contribution in [2.75, 3.05) is 11.7 Å². The van der Waals surface area contributed by atoms with E-state index in [1.54, 1.807) is 6.08 Å². The maximum Gasteiger partial charge on any atom is 0.293 e. The molecule has 1 aromatic carbocycles. The van der Waals surface area contributed by atoms with E-state index in [2.05, 4.69) is 9.97 Å². The van der Waals surface area contributed by atoms with Gasteiger partial charge in [0.1, 0.15) is 17.0 Å². The summed E-state index contributed by atoms with van der Waals surface area (Å²) in [4.78, 5) is 32.2. The SMILES string of the molecule is Cc1cccc(/C=c2/c(=O)[nH]/c(=C\c3ncn(N)c3C(C)C)c(=O)n2N)c1C. The monoisotopic (exact) mass is 380 g/mol. The molecule has 3 aromatic rings. The summed E-state index contributed by atoms with van der Waals surface area (Å²) in [6.45, 7) is 7.86. The van der Waals surface area contributed by atoms with Crippen molar-refractivity contribution in [3.8, 4) is 0 Å². The van der Waals surface area contributed by atoms with Crippen molar-refractivity contribution in [1.82, 2.24) is 19.3 Å². The highest BCUT2D eigenvalue weighted by atomic mass is 16.1. The van der Waals surface area contributed by atoms with E-state index in [4.69, 9.17) is 11.7 Å². The van der Waals surface area contributed by atoms with Gasteiger partial charge in [-0.1, -0.05) is 32.0 Å². The third kappa shape index (κ3) is 3.36. The van der Waals surface area contributed by atoms with Crippen LogP contribution in [-0.4, -0.2) is 19.3 Å². The lowest BCUT2D eigenvalue weighted by Crippen LogP contribution is -2.56. The number of aryl methyl sites for hydroxylation is 1. The number of nitrogens with two attached hydrogens (primary N) is 2. The third-order valence-electron chi connectivity index (χ3n) is 4.82. The van der Waals surface area contributed by atoms with Gasteiger partial charge in [0.15, 0.2) is 0 Å². The number of imidazole rings is 1. The first-order chi connectivity index (χ1) is 13.2. The smallest absolute Gasteiger partial charge is 0.293 e. The summed E-state index contributed by atoms with van der Waals surface area (Å²) in [7, 11) is 0. The van der Waals surface area contributed by atoms with Crippen molar-refractivity contribution in [2.24, 2.45) is 0 Å². The van der Waals surface area contributed by atoms with Gasteiger partial charge in [0, 0.05) is 0 Å². The summed E-state index contributed by atoms with van der Waals surface area (Å²) in [5, 5.41) is 0.121. The molecule has 2 aromatic heterocycles. The Labute approximate surface area is 161 Å². The van der Waals surface area contributed by atoms with Crippen molar-refractivity contribution < 1.29 is 0 Å². The second-order valence-corrected chi connectivity index (χ2v) is 7.08. The number of rotatable bonds is 3. The minimum Gasteiger partial charge on any atom is -0.338 e. The van der Waals surface area contributed by atoms with Crippen LogP contribution in [0.3, 0.4) is 0 Å². The minimum atomic E-state index is -0.530. The zero-order chi connectivity index (χ0) is 20.6. The molecule has 0 aliphatic heterocycles. The number of hydrogen-bond acceptors (Lipinski definition) is 5. The molecule has 5 N–H and O–H groups in total. The summed E-state index contributed by atoms with van der Waals surface area (Å²) in [5.74, 6) is 11.9. The molecule has 0 unspecified atom stereocenters. The maximum absolute atomic E-state index is 12.7. The van der Waals surface area contributed by atoms with E-state index in [1.165, 1.54) is 17.1 Å². The van der Waals surface area contributed by atoms with Crippen LogP contribution in [0.15, 0.2) is 34.1 Å². The molecule has 0 aliphatic rings. The molecular formula is C20H24N6O2. The van der Waals surface area contributed by atoms with Gasteiger partial charge in [0.2, 0.25) is 0 Å². The lowest BCUT2D eigenvalue weighted by Gasteiger charge is -2.07. The molecule has 0 fully saturated rings. The fourth-order valence-corrected chi connectivity index (χ4v) is 3.13. The fourth-order valence-electron chi connectivity index (χ4n) is 3.13. The van der Waals surface area contributed by atoms with Crippen LogP contribution < -0.4 is 33.5 Å². The number of nitrogen functional groups attached to an aromatic ring is 2. The Kier molecular flexibility index (Phi) is 4.96. The summed E-state index contributed by atoms with van der Waals surface area (Å²) < 4.78 is 2.26. The quantitative estimate of drug-likeness (QED) is 0.531. The standard InChI is InChI=1S/C20H24N6O2/c1-11(2)18-15(23-10-25(18)21)9-16-20(28)26(22)17(19(27)24-16)8-14-7-5-6-12(3)13(14)4/h5-11H,21-22H2,1-4H3,(H,24,27)/b16-9-,17-8-. The Morgan fingerprint density at radius 2 is 1.86 bits per heavy atom. The Balaban J connectivity index is 2.26. The summed E-state index contributed by atoms with van der Waals surface area (Å²) in [5.41, 5.74) is 3.18. The Morgan fingerprint density at radius 3 is 2.54 bits per heavy atom. The highest BCUT2D eigenvalue weighted by molar-refractivity contribution is 5.54. The average molecular weight is 380 g/mol. The van der Waals surface area contributed by atoms with E-state index < -0.39 is 11.1 Å². The van der Waals surface area contributed by atoms with Gasteiger partial charge < -0.3 is 16.7 Å². The Bertz CT molecular complexity index is 1280. The zero-order valence-corrected chi connectivity index (χ0v) is 16.4. The normalized spacial score (nSPS) is 12.9. The molecule has 0 spiro atoms. The van der Waals surface area contributed by atoms with Crippen molar-refractivity contribution in [3.63, 3.8) is 0 Å². The average Bonchev–Trinajstić information content (AvgIpc) is 3.00. The van der Waals surface area contributed by atoms with Gasteiger partial charge in [0.05, 0.1) is 11.4 Å².